The molecule has 0 aliphatic rings. The maximum Gasteiger partial charge on any atom is 0.315 e. The molecule has 2 rings (SSSR count). The Labute approximate surface area is 98.7 Å². The molecule has 4 nitrogen and oxygen atoms in total. The molecule has 0 radical (unpaired) electrons. The summed E-state index contributed by atoms with van der Waals surface area (Å²) in [5.41, 5.74) is 7.55. The molecular formula is C13H12N2O2. The van der Waals surface area contributed by atoms with Crippen LogP contribution in [0.25, 0.3) is 0 Å². The minimum absolute atomic E-state index is 0.615. The normalized spacial score (nSPS) is 12.0. The molecular weight excluding hydrogens is 216 g/mol. The second-order valence-electron chi connectivity index (χ2n) is 3.72. The van der Waals surface area contributed by atoms with E-state index in [1.807, 2.05) is 0 Å². The van der Waals surface area contributed by atoms with Crippen molar-refractivity contribution in [1.29, 1.82) is 0 Å². The van der Waals surface area contributed by atoms with Gasteiger partial charge in [-0.1, -0.05) is 18.2 Å². The van der Waals surface area contributed by atoms with E-state index in [-0.39, 0.29) is 0 Å². The van der Waals surface area contributed by atoms with Crippen molar-refractivity contribution < 1.29 is 9.90 Å². The molecule has 1 unspecified atom stereocenters. The Morgan fingerprint density at radius 2 is 1.88 bits per heavy atom. The van der Waals surface area contributed by atoms with Gasteiger partial charge in [-0.05, 0) is 29.3 Å². The summed E-state index contributed by atoms with van der Waals surface area (Å²) in [5.74, 6) is -1.60. The van der Waals surface area contributed by atoms with Crippen molar-refractivity contribution in [3.05, 3.63) is 59.9 Å². The summed E-state index contributed by atoms with van der Waals surface area (Å²) in [5, 5.41) is 9.29. The largest absolute Gasteiger partial charge is 0.481 e. The van der Waals surface area contributed by atoms with Crippen molar-refractivity contribution in [2.24, 2.45) is 0 Å². The monoisotopic (exact) mass is 228 g/mol. The fourth-order valence-corrected chi connectivity index (χ4v) is 1.71. The first-order valence-electron chi connectivity index (χ1n) is 5.16. The van der Waals surface area contributed by atoms with Crippen molar-refractivity contribution in [2.45, 2.75) is 5.92 Å². The molecule has 4 heteroatoms. The van der Waals surface area contributed by atoms with Gasteiger partial charge in [-0.3, -0.25) is 9.78 Å². The van der Waals surface area contributed by atoms with Gasteiger partial charge in [-0.2, -0.15) is 0 Å². The van der Waals surface area contributed by atoms with E-state index in [0.29, 0.717) is 16.8 Å². The van der Waals surface area contributed by atoms with Gasteiger partial charge in [0.25, 0.3) is 0 Å². The minimum Gasteiger partial charge on any atom is -0.481 e. The number of hydrogen-bond donors (Lipinski definition) is 2. The molecule has 0 amide bonds. The number of carboxylic acid groups (broad SMARTS) is 1. The van der Waals surface area contributed by atoms with Gasteiger partial charge in [-0.25, -0.2) is 0 Å². The van der Waals surface area contributed by atoms with Crippen LogP contribution in [0.1, 0.15) is 17.0 Å². The Bertz CT molecular complexity index is 509. The van der Waals surface area contributed by atoms with Crippen molar-refractivity contribution in [3.8, 4) is 0 Å². The summed E-state index contributed by atoms with van der Waals surface area (Å²) in [4.78, 5) is 15.3. The van der Waals surface area contributed by atoms with E-state index in [9.17, 15) is 9.90 Å². The number of carboxylic acids is 1. The third kappa shape index (κ3) is 2.42. The van der Waals surface area contributed by atoms with E-state index in [1.54, 1.807) is 48.8 Å². The van der Waals surface area contributed by atoms with Crippen LogP contribution in [0.15, 0.2) is 48.8 Å². The number of benzene rings is 1. The molecule has 0 spiro atoms. The van der Waals surface area contributed by atoms with Crippen LogP contribution in [-0.2, 0) is 4.79 Å². The fraction of sp³-hybridized carbons (Fsp3) is 0.0769. The Hall–Kier alpha value is -2.36. The summed E-state index contributed by atoms with van der Waals surface area (Å²) in [6.45, 7) is 0. The van der Waals surface area contributed by atoms with Crippen molar-refractivity contribution in [1.82, 2.24) is 4.98 Å². The Morgan fingerprint density at radius 3 is 2.41 bits per heavy atom. The van der Waals surface area contributed by atoms with E-state index < -0.39 is 11.9 Å². The molecule has 1 aromatic carbocycles. The molecule has 0 saturated heterocycles. The SMILES string of the molecule is Nc1ccc(C(C(=O)O)c2cccnc2)cc1. The number of pyridine rings is 1. The lowest BCUT2D eigenvalue weighted by atomic mass is 9.92. The Kier molecular flexibility index (Phi) is 3.05. The maximum absolute atomic E-state index is 11.3. The highest BCUT2D eigenvalue weighted by atomic mass is 16.4. The van der Waals surface area contributed by atoms with Gasteiger partial charge in [0.2, 0.25) is 0 Å². The quantitative estimate of drug-likeness (QED) is 0.786. The minimum atomic E-state index is -0.900. The van der Waals surface area contributed by atoms with Gasteiger partial charge in [-0.15, -0.1) is 0 Å². The van der Waals surface area contributed by atoms with Gasteiger partial charge < -0.3 is 10.8 Å². The highest BCUT2D eigenvalue weighted by Crippen LogP contribution is 2.24. The first-order valence-corrected chi connectivity index (χ1v) is 5.16. The van der Waals surface area contributed by atoms with E-state index in [0.717, 1.165) is 0 Å². The molecule has 2 aromatic rings. The zero-order chi connectivity index (χ0) is 12.3. The number of carbonyl (C=O) groups is 1. The highest BCUT2D eigenvalue weighted by Gasteiger charge is 2.21. The van der Waals surface area contributed by atoms with E-state index in [1.165, 1.54) is 0 Å². The smallest absolute Gasteiger partial charge is 0.315 e. The molecule has 0 aliphatic heterocycles. The molecule has 86 valence electrons. The standard InChI is InChI=1S/C13H12N2O2/c14-11-5-3-9(4-6-11)12(13(16)17)10-2-1-7-15-8-10/h1-8,12H,14H2,(H,16,17). The van der Waals surface area contributed by atoms with Crippen LogP contribution in [-0.4, -0.2) is 16.1 Å². The summed E-state index contributed by atoms with van der Waals surface area (Å²) in [6.07, 6.45) is 3.18. The van der Waals surface area contributed by atoms with E-state index in [4.69, 9.17) is 5.73 Å². The van der Waals surface area contributed by atoms with Crippen LogP contribution >= 0.6 is 0 Å². The first kappa shape index (κ1) is 11.1. The molecule has 1 aromatic heterocycles. The number of aromatic nitrogens is 1. The van der Waals surface area contributed by atoms with E-state index in [2.05, 4.69) is 4.98 Å². The summed E-state index contributed by atoms with van der Waals surface area (Å²) in [7, 11) is 0. The number of nitrogens with zero attached hydrogens (tertiary/aromatic N) is 1. The zero-order valence-electron chi connectivity index (χ0n) is 9.08. The lowest BCUT2D eigenvalue weighted by Gasteiger charge is -2.12. The second kappa shape index (κ2) is 4.65. The Morgan fingerprint density at radius 1 is 1.18 bits per heavy atom. The van der Waals surface area contributed by atoms with Crippen LogP contribution < -0.4 is 5.73 Å². The average molecular weight is 228 g/mol. The van der Waals surface area contributed by atoms with Gasteiger partial charge in [0, 0.05) is 18.1 Å². The van der Waals surface area contributed by atoms with Gasteiger partial charge in [0.05, 0.1) is 0 Å². The second-order valence-corrected chi connectivity index (χ2v) is 3.72. The number of rotatable bonds is 3. The third-order valence-corrected chi connectivity index (χ3v) is 2.53. The average Bonchev–Trinajstić information content (AvgIpc) is 2.33. The lowest BCUT2D eigenvalue weighted by Crippen LogP contribution is -2.13. The predicted molar refractivity (Wildman–Crippen MR) is 64.6 cm³/mol. The van der Waals surface area contributed by atoms with Gasteiger partial charge >= 0.3 is 5.97 Å². The fourth-order valence-electron chi connectivity index (χ4n) is 1.71. The van der Waals surface area contributed by atoms with Crippen molar-refractivity contribution >= 4 is 11.7 Å². The van der Waals surface area contributed by atoms with E-state index >= 15 is 0 Å². The molecule has 0 aliphatic carbocycles. The summed E-state index contributed by atoms with van der Waals surface area (Å²) < 4.78 is 0. The molecule has 0 bridgehead atoms. The topological polar surface area (TPSA) is 76.2 Å². The van der Waals surface area contributed by atoms with Crippen LogP contribution in [0.4, 0.5) is 5.69 Å². The first-order chi connectivity index (χ1) is 8.18. The number of aliphatic carboxylic acids is 1. The van der Waals surface area contributed by atoms with Crippen molar-refractivity contribution in [3.63, 3.8) is 0 Å². The lowest BCUT2D eigenvalue weighted by molar-refractivity contribution is -0.137. The van der Waals surface area contributed by atoms with Gasteiger partial charge in [0.1, 0.15) is 5.92 Å². The number of anilines is 1. The predicted octanol–water partition coefficient (Wildman–Crippen LogP) is 1.88. The van der Waals surface area contributed by atoms with Crippen LogP contribution in [0.2, 0.25) is 0 Å². The van der Waals surface area contributed by atoms with Crippen LogP contribution in [0.3, 0.4) is 0 Å². The molecule has 1 atom stereocenters. The summed E-state index contributed by atoms with van der Waals surface area (Å²) >= 11 is 0. The molecule has 1 heterocycles. The highest BCUT2D eigenvalue weighted by molar-refractivity contribution is 5.80. The molecule has 0 saturated carbocycles. The number of hydrogen-bond acceptors (Lipinski definition) is 3. The number of nitrogens with two attached hydrogens (primary N) is 1. The van der Waals surface area contributed by atoms with Crippen LogP contribution in [0.5, 0.6) is 0 Å². The zero-order valence-corrected chi connectivity index (χ0v) is 9.08. The maximum atomic E-state index is 11.3. The van der Waals surface area contributed by atoms with Crippen molar-refractivity contribution in [2.75, 3.05) is 5.73 Å². The molecule has 17 heavy (non-hydrogen) atoms. The third-order valence-electron chi connectivity index (χ3n) is 2.53. The van der Waals surface area contributed by atoms with Crippen LogP contribution in [0, 0.1) is 0 Å². The Balaban J connectivity index is 2.43. The summed E-state index contributed by atoms with van der Waals surface area (Å²) in [6, 6.07) is 10.3. The molecule has 3 N–H and O–H groups in total. The molecule has 0 fully saturated rings. The number of nitrogen functional groups attached to an aromatic ring is 1. The van der Waals surface area contributed by atoms with Gasteiger partial charge in [0.15, 0.2) is 0 Å².